The molecule has 0 radical (unpaired) electrons. The Morgan fingerprint density at radius 3 is 2.60 bits per heavy atom. The van der Waals surface area contributed by atoms with Crippen molar-refractivity contribution in [2.24, 2.45) is 0 Å². The van der Waals surface area contributed by atoms with Crippen LogP contribution in [0.3, 0.4) is 0 Å². The second-order valence-corrected chi connectivity index (χ2v) is 5.47. The van der Waals surface area contributed by atoms with Crippen LogP contribution >= 0.6 is 0 Å². The van der Waals surface area contributed by atoms with Crippen LogP contribution in [-0.2, 0) is 11.4 Å². The zero-order valence-electron chi connectivity index (χ0n) is 13.9. The monoisotopic (exact) mass is 345 g/mol. The van der Waals surface area contributed by atoms with Gasteiger partial charge in [0.15, 0.2) is 0 Å². The number of carbonyl (C=O) groups excluding carboxylic acids is 1. The summed E-state index contributed by atoms with van der Waals surface area (Å²) in [6.45, 7) is 2.59. The first-order valence-corrected chi connectivity index (χ1v) is 7.98. The van der Waals surface area contributed by atoms with E-state index in [2.05, 4.69) is 0 Å². The lowest BCUT2D eigenvalue weighted by molar-refractivity contribution is -0.137. The van der Waals surface area contributed by atoms with Crippen LogP contribution in [0.1, 0.15) is 29.3 Å². The Labute approximate surface area is 145 Å². The minimum absolute atomic E-state index is 0.0953. The summed E-state index contributed by atoms with van der Waals surface area (Å²) >= 11 is 0. The second-order valence-electron chi connectivity index (χ2n) is 5.47. The minimum atomic E-state index is -0.941. The first-order chi connectivity index (χ1) is 12.0. The van der Waals surface area contributed by atoms with E-state index in [0.717, 1.165) is 5.56 Å². The Kier molecular flexibility index (Phi) is 6.51. The number of nitrogens with zero attached hydrogens (tertiary/aromatic N) is 1. The van der Waals surface area contributed by atoms with E-state index in [1.807, 2.05) is 6.07 Å². The van der Waals surface area contributed by atoms with Crippen molar-refractivity contribution in [2.45, 2.75) is 20.0 Å². The number of benzene rings is 2. The maximum atomic E-state index is 13.1. The van der Waals surface area contributed by atoms with Gasteiger partial charge in [-0.05, 0) is 36.8 Å². The summed E-state index contributed by atoms with van der Waals surface area (Å²) in [4.78, 5) is 24.7. The maximum Gasteiger partial charge on any atom is 0.305 e. The van der Waals surface area contributed by atoms with Crippen LogP contribution in [0, 0.1) is 5.82 Å². The van der Waals surface area contributed by atoms with Crippen molar-refractivity contribution in [3.8, 4) is 5.75 Å². The minimum Gasteiger partial charge on any atom is -0.489 e. The molecule has 0 spiro atoms. The molecule has 0 aromatic heterocycles. The molecule has 132 valence electrons. The highest BCUT2D eigenvalue weighted by atomic mass is 19.1. The van der Waals surface area contributed by atoms with Gasteiger partial charge in [0.1, 0.15) is 18.2 Å². The van der Waals surface area contributed by atoms with Gasteiger partial charge in [-0.3, -0.25) is 9.59 Å². The van der Waals surface area contributed by atoms with Gasteiger partial charge < -0.3 is 14.7 Å². The van der Waals surface area contributed by atoms with Crippen LogP contribution in [0.5, 0.6) is 5.75 Å². The van der Waals surface area contributed by atoms with Crippen molar-refractivity contribution in [3.05, 3.63) is 65.5 Å². The Hall–Kier alpha value is -2.89. The summed E-state index contributed by atoms with van der Waals surface area (Å²) in [6.07, 6.45) is -0.0953. The molecule has 0 bridgehead atoms. The van der Waals surface area contributed by atoms with E-state index in [9.17, 15) is 14.0 Å². The van der Waals surface area contributed by atoms with Crippen LogP contribution < -0.4 is 4.74 Å². The van der Waals surface area contributed by atoms with E-state index in [-0.39, 0.29) is 31.3 Å². The molecule has 0 unspecified atom stereocenters. The predicted molar refractivity (Wildman–Crippen MR) is 91.0 cm³/mol. The standard InChI is InChI=1S/C19H20FNO4/c1-2-21(10-9-18(22)23)19(24)15-6-3-5-14(11-15)13-25-17-8-4-7-16(20)12-17/h3-8,11-12H,2,9-10,13H2,1H3,(H,22,23). The molecule has 0 heterocycles. The molecule has 0 fully saturated rings. The molecule has 0 saturated carbocycles. The smallest absolute Gasteiger partial charge is 0.305 e. The third kappa shape index (κ3) is 5.60. The van der Waals surface area contributed by atoms with E-state index in [1.54, 1.807) is 37.3 Å². The zero-order valence-corrected chi connectivity index (χ0v) is 13.9. The molecule has 0 saturated heterocycles. The van der Waals surface area contributed by atoms with Gasteiger partial charge in [0.2, 0.25) is 0 Å². The lowest BCUT2D eigenvalue weighted by Crippen LogP contribution is -2.32. The molecule has 25 heavy (non-hydrogen) atoms. The summed E-state index contributed by atoms with van der Waals surface area (Å²) in [5.41, 5.74) is 1.23. The average molecular weight is 345 g/mol. The molecule has 0 atom stereocenters. The number of amides is 1. The Morgan fingerprint density at radius 2 is 1.92 bits per heavy atom. The average Bonchev–Trinajstić information content (AvgIpc) is 2.60. The highest BCUT2D eigenvalue weighted by molar-refractivity contribution is 5.94. The van der Waals surface area contributed by atoms with Crippen molar-refractivity contribution in [1.82, 2.24) is 4.90 Å². The van der Waals surface area contributed by atoms with Gasteiger partial charge in [0, 0.05) is 24.7 Å². The molecule has 6 heteroatoms. The number of hydrogen-bond acceptors (Lipinski definition) is 3. The molecular formula is C19H20FNO4. The molecule has 1 N–H and O–H groups in total. The van der Waals surface area contributed by atoms with Gasteiger partial charge in [0.05, 0.1) is 6.42 Å². The number of carboxylic acids is 1. The molecule has 2 aromatic rings. The molecule has 0 aliphatic rings. The summed E-state index contributed by atoms with van der Waals surface area (Å²) in [6, 6.07) is 12.8. The Balaban J connectivity index is 2.04. The topological polar surface area (TPSA) is 66.8 Å². The fourth-order valence-corrected chi connectivity index (χ4v) is 2.33. The Bertz CT molecular complexity index is 748. The molecule has 0 aliphatic carbocycles. The van der Waals surface area contributed by atoms with Crippen molar-refractivity contribution in [3.63, 3.8) is 0 Å². The second kappa shape index (κ2) is 8.82. The van der Waals surface area contributed by atoms with Crippen LogP contribution in [0.25, 0.3) is 0 Å². The molecule has 1 amide bonds. The Morgan fingerprint density at radius 1 is 1.16 bits per heavy atom. The van der Waals surface area contributed by atoms with Gasteiger partial charge in [-0.1, -0.05) is 18.2 Å². The quantitative estimate of drug-likeness (QED) is 0.797. The van der Waals surface area contributed by atoms with Crippen molar-refractivity contribution in [2.75, 3.05) is 13.1 Å². The van der Waals surface area contributed by atoms with E-state index >= 15 is 0 Å². The van der Waals surface area contributed by atoms with Gasteiger partial charge in [-0.2, -0.15) is 0 Å². The number of carboxylic acid groups (broad SMARTS) is 1. The first kappa shape index (κ1) is 18.4. The van der Waals surface area contributed by atoms with E-state index in [1.165, 1.54) is 17.0 Å². The van der Waals surface area contributed by atoms with Crippen LogP contribution in [0.4, 0.5) is 4.39 Å². The lowest BCUT2D eigenvalue weighted by atomic mass is 10.1. The molecule has 2 aromatic carbocycles. The van der Waals surface area contributed by atoms with Crippen molar-refractivity contribution < 1.29 is 23.8 Å². The molecular weight excluding hydrogens is 325 g/mol. The number of ether oxygens (including phenoxy) is 1. The van der Waals surface area contributed by atoms with Crippen molar-refractivity contribution in [1.29, 1.82) is 0 Å². The molecule has 5 nitrogen and oxygen atoms in total. The van der Waals surface area contributed by atoms with Gasteiger partial charge in [0.25, 0.3) is 5.91 Å². The largest absolute Gasteiger partial charge is 0.489 e. The van der Waals surface area contributed by atoms with Gasteiger partial charge >= 0.3 is 5.97 Å². The van der Waals surface area contributed by atoms with Crippen LogP contribution in [-0.4, -0.2) is 35.0 Å². The number of halogens is 1. The number of aliphatic carboxylic acids is 1. The third-order valence-corrected chi connectivity index (χ3v) is 3.64. The predicted octanol–water partition coefficient (Wildman–Crippen LogP) is 3.34. The zero-order chi connectivity index (χ0) is 18.2. The lowest BCUT2D eigenvalue weighted by Gasteiger charge is -2.20. The van der Waals surface area contributed by atoms with Crippen LogP contribution in [0.2, 0.25) is 0 Å². The van der Waals surface area contributed by atoms with Crippen molar-refractivity contribution >= 4 is 11.9 Å². The number of hydrogen-bond donors (Lipinski definition) is 1. The fourth-order valence-electron chi connectivity index (χ4n) is 2.33. The van der Waals surface area contributed by atoms with Gasteiger partial charge in [-0.25, -0.2) is 4.39 Å². The fraction of sp³-hybridized carbons (Fsp3) is 0.263. The van der Waals surface area contributed by atoms with E-state index < -0.39 is 5.97 Å². The molecule has 0 aliphatic heterocycles. The normalized spacial score (nSPS) is 10.3. The summed E-state index contributed by atoms with van der Waals surface area (Å²) in [5, 5.41) is 8.77. The summed E-state index contributed by atoms with van der Waals surface area (Å²) < 4.78 is 18.7. The third-order valence-electron chi connectivity index (χ3n) is 3.64. The SMILES string of the molecule is CCN(CCC(=O)O)C(=O)c1cccc(COc2cccc(F)c2)c1. The van der Waals surface area contributed by atoms with E-state index in [4.69, 9.17) is 9.84 Å². The summed E-state index contributed by atoms with van der Waals surface area (Å²) in [7, 11) is 0. The first-order valence-electron chi connectivity index (χ1n) is 7.98. The highest BCUT2D eigenvalue weighted by Gasteiger charge is 2.15. The maximum absolute atomic E-state index is 13.1. The van der Waals surface area contributed by atoms with Crippen LogP contribution in [0.15, 0.2) is 48.5 Å². The summed E-state index contributed by atoms with van der Waals surface area (Å²) in [5.74, 6) is -1.13. The number of rotatable bonds is 8. The number of carbonyl (C=O) groups is 2. The highest BCUT2D eigenvalue weighted by Crippen LogP contribution is 2.15. The van der Waals surface area contributed by atoms with E-state index in [0.29, 0.717) is 17.9 Å². The molecule has 2 rings (SSSR count). The van der Waals surface area contributed by atoms with Gasteiger partial charge in [-0.15, -0.1) is 0 Å².